The van der Waals surface area contributed by atoms with Gasteiger partial charge in [0, 0.05) is 22.4 Å². The summed E-state index contributed by atoms with van der Waals surface area (Å²) in [4.78, 5) is 12.2. The van der Waals surface area contributed by atoms with Crippen molar-refractivity contribution in [1.29, 1.82) is 0 Å². The third-order valence-corrected chi connectivity index (χ3v) is 6.20. The van der Waals surface area contributed by atoms with Gasteiger partial charge in [0.2, 0.25) is 0 Å². The second kappa shape index (κ2) is 9.43. The molecule has 1 N–H and O–H groups in total. The Kier molecular flexibility index (Phi) is 6.02. The molecule has 2 heterocycles. The van der Waals surface area contributed by atoms with Crippen LogP contribution in [0.4, 0.5) is 17.2 Å². The predicted octanol–water partition coefficient (Wildman–Crippen LogP) is 7.64. The Balaban J connectivity index is 1.57. The lowest BCUT2D eigenvalue weighted by molar-refractivity contribution is 0.477. The normalized spacial score (nSPS) is 11.3. The van der Waals surface area contributed by atoms with Gasteiger partial charge < -0.3 is 5.11 Å². The van der Waals surface area contributed by atoms with Crippen molar-refractivity contribution in [2.24, 2.45) is 0 Å². The van der Waals surface area contributed by atoms with Gasteiger partial charge in [-0.15, -0.1) is 0 Å². The van der Waals surface area contributed by atoms with Gasteiger partial charge in [0.15, 0.2) is 0 Å². The fourth-order valence-corrected chi connectivity index (χ4v) is 4.22. The molecule has 0 aliphatic rings. The van der Waals surface area contributed by atoms with Crippen molar-refractivity contribution in [2.75, 3.05) is 4.90 Å². The number of hydrogen-bond acceptors (Lipinski definition) is 4. The maximum atomic E-state index is 10.3. The quantitative estimate of drug-likeness (QED) is 0.285. The number of rotatable bonds is 6. The van der Waals surface area contributed by atoms with E-state index in [0.717, 1.165) is 34.3 Å². The molecule has 5 aromatic rings. The minimum Gasteiger partial charge on any atom is -0.507 e. The van der Waals surface area contributed by atoms with Crippen molar-refractivity contribution in [3.63, 3.8) is 0 Å². The molecule has 4 nitrogen and oxygen atoms in total. The molecule has 5 rings (SSSR count). The van der Waals surface area contributed by atoms with Gasteiger partial charge >= 0.3 is 0 Å². The first-order chi connectivity index (χ1) is 17.0. The number of benzene rings is 3. The summed E-state index contributed by atoms with van der Waals surface area (Å²) in [5.74, 6) is 1.06. The van der Waals surface area contributed by atoms with Crippen LogP contribution in [0, 0.1) is 0 Å². The Bertz CT molecular complexity index is 1390. The lowest BCUT2D eigenvalue weighted by Gasteiger charge is -2.28. The Morgan fingerprint density at radius 2 is 1.11 bits per heavy atom. The monoisotopic (exact) mass is 457 g/mol. The van der Waals surface area contributed by atoms with Gasteiger partial charge in [-0.3, -0.25) is 9.88 Å². The topological polar surface area (TPSA) is 49.3 Å². The van der Waals surface area contributed by atoms with Crippen LogP contribution in [0.5, 0.6) is 5.75 Å². The number of nitrogens with zero attached hydrogens (tertiary/aromatic N) is 3. The number of para-hydroxylation sites is 3. The standard InChI is InChI=1S/C31H27N3O/c1-31(2,28-20-11-18-26(32-28)25-17-9-10-19-27(25)35)29-21-12-22-30(33-29)34(23-13-5-3-6-14-23)24-15-7-4-8-16-24/h3-22,35H,1-2H3. The summed E-state index contributed by atoms with van der Waals surface area (Å²) in [6.07, 6.45) is 0. The smallest absolute Gasteiger partial charge is 0.137 e. The molecule has 0 amide bonds. The highest BCUT2D eigenvalue weighted by Gasteiger charge is 2.28. The molecule has 0 atom stereocenters. The van der Waals surface area contributed by atoms with Crippen molar-refractivity contribution < 1.29 is 5.11 Å². The summed E-state index contributed by atoms with van der Waals surface area (Å²) in [7, 11) is 0. The zero-order chi connectivity index (χ0) is 24.3. The van der Waals surface area contributed by atoms with E-state index >= 15 is 0 Å². The SMILES string of the molecule is CC(C)(c1cccc(-c2ccccc2O)n1)c1cccc(N(c2ccccc2)c2ccccc2)n1. The summed E-state index contributed by atoms with van der Waals surface area (Å²) in [6.45, 7) is 4.26. The molecule has 2 aromatic heterocycles. The number of phenols is 1. The fraction of sp³-hybridized carbons (Fsp3) is 0.0968. The minimum atomic E-state index is -0.463. The van der Waals surface area contributed by atoms with Crippen molar-refractivity contribution in [1.82, 2.24) is 9.97 Å². The Labute approximate surface area is 206 Å². The van der Waals surface area contributed by atoms with Crippen LogP contribution >= 0.6 is 0 Å². The van der Waals surface area contributed by atoms with Gasteiger partial charge in [-0.1, -0.05) is 60.7 Å². The first-order valence-electron chi connectivity index (χ1n) is 11.7. The Hall–Kier alpha value is -4.44. The largest absolute Gasteiger partial charge is 0.507 e. The van der Waals surface area contributed by atoms with E-state index in [9.17, 15) is 5.11 Å². The van der Waals surface area contributed by atoms with Crippen molar-refractivity contribution in [3.8, 4) is 17.0 Å². The molecule has 0 saturated carbocycles. The number of aromatic nitrogens is 2. The molecule has 0 aliphatic heterocycles. The molecule has 0 unspecified atom stereocenters. The van der Waals surface area contributed by atoms with Crippen LogP contribution in [0.1, 0.15) is 25.2 Å². The molecule has 3 aromatic carbocycles. The highest BCUT2D eigenvalue weighted by molar-refractivity contribution is 5.74. The average Bonchev–Trinajstić information content (AvgIpc) is 2.91. The molecule has 0 saturated heterocycles. The number of phenolic OH excluding ortho intramolecular Hbond substituents is 1. The molecule has 172 valence electrons. The molecule has 0 spiro atoms. The van der Waals surface area contributed by atoms with Crippen LogP contribution in [0.15, 0.2) is 121 Å². The zero-order valence-corrected chi connectivity index (χ0v) is 19.8. The number of pyridine rings is 2. The maximum Gasteiger partial charge on any atom is 0.137 e. The third-order valence-electron chi connectivity index (χ3n) is 6.20. The van der Waals surface area contributed by atoms with E-state index in [4.69, 9.17) is 9.97 Å². The average molecular weight is 458 g/mol. The molecule has 0 bridgehead atoms. The van der Waals surface area contributed by atoms with E-state index in [0.29, 0.717) is 5.56 Å². The van der Waals surface area contributed by atoms with Crippen LogP contribution in [0.25, 0.3) is 11.3 Å². The lowest BCUT2D eigenvalue weighted by Crippen LogP contribution is -2.23. The Morgan fingerprint density at radius 3 is 1.74 bits per heavy atom. The highest BCUT2D eigenvalue weighted by Crippen LogP contribution is 2.36. The number of anilines is 3. The highest BCUT2D eigenvalue weighted by atomic mass is 16.3. The summed E-state index contributed by atoms with van der Waals surface area (Å²) in [5, 5.41) is 10.3. The van der Waals surface area contributed by atoms with E-state index in [1.807, 2.05) is 91.0 Å². The van der Waals surface area contributed by atoms with E-state index in [1.54, 1.807) is 6.07 Å². The summed E-state index contributed by atoms with van der Waals surface area (Å²) in [5.41, 5.74) is 4.87. The first-order valence-corrected chi connectivity index (χ1v) is 11.7. The van der Waals surface area contributed by atoms with Crippen LogP contribution in [-0.4, -0.2) is 15.1 Å². The van der Waals surface area contributed by atoms with Crippen molar-refractivity contribution in [2.45, 2.75) is 19.3 Å². The van der Waals surface area contributed by atoms with Crippen molar-refractivity contribution >= 4 is 17.2 Å². The molecular formula is C31H27N3O. The van der Waals surface area contributed by atoms with E-state index in [2.05, 4.69) is 43.0 Å². The van der Waals surface area contributed by atoms with Crippen LogP contribution in [0.2, 0.25) is 0 Å². The summed E-state index contributed by atoms with van der Waals surface area (Å²) >= 11 is 0. The minimum absolute atomic E-state index is 0.219. The van der Waals surface area contributed by atoms with Crippen LogP contribution < -0.4 is 4.90 Å². The van der Waals surface area contributed by atoms with Crippen molar-refractivity contribution in [3.05, 3.63) is 133 Å². The molecule has 0 fully saturated rings. The van der Waals surface area contributed by atoms with Gasteiger partial charge in [-0.2, -0.15) is 0 Å². The van der Waals surface area contributed by atoms with Gasteiger partial charge in [-0.05, 0) is 74.5 Å². The predicted molar refractivity (Wildman–Crippen MR) is 142 cm³/mol. The second-order valence-corrected chi connectivity index (χ2v) is 8.94. The maximum absolute atomic E-state index is 10.3. The Morgan fingerprint density at radius 1 is 0.571 bits per heavy atom. The van der Waals surface area contributed by atoms with E-state index < -0.39 is 5.41 Å². The third kappa shape index (κ3) is 4.51. The first kappa shape index (κ1) is 22.4. The number of aromatic hydroxyl groups is 1. The molecule has 0 aliphatic carbocycles. The van der Waals surface area contributed by atoms with Gasteiger partial charge in [0.25, 0.3) is 0 Å². The van der Waals surface area contributed by atoms with Crippen LogP contribution in [0.3, 0.4) is 0 Å². The zero-order valence-electron chi connectivity index (χ0n) is 19.8. The van der Waals surface area contributed by atoms with Gasteiger partial charge in [0.1, 0.15) is 11.6 Å². The molecule has 0 radical (unpaired) electrons. The molecule has 35 heavy (non-hydrogen) atoms. The molecule has 4 heteroatoms. The summed E-state index contributed by atoms with van der Waals surface area (Å²) < 4.78 is 0. The molecular weight excluding hydrogens is 430 g/mol. The lowest BCUT2D eigenvalue weighted by atomic mass is 9.84. The van der Waals surface area contributed by atoms with E-state index in [1.165, 1.54) is 0 Å². The number of hydrogen-bond donors (Lipinski definition) is 1. The van der Waals surface area contributed by atoms with Gasteiger partial charge in [0.05, 0.1) is 17.1 Å². The second-order valence-electron chi connectivity index (χ2n) is 8.94. The fourth-order valence-electron chi connectivity index (χ4n) is 4.22. The summed E-state index contributed by atoms with van der Waals surface area (Å²) in [6, 6.07) is 39.9. The van der Waals surface area contributed by atoms with Gasteiger partial charge in [-0.25, -0.2) is 4.98 Å². The van der Waals surface area contributed by atoms with E-state index in [-0.39, 0.29) is 5.75 Å². The van der Waals surface area contributed by atoms with Crippen LogP contribution in [-0.2, 0) is 5.41 Å².